The molecular formula is C16H12N2O5. The number of oxazole rings is 1. The van der Waals surface area contributed by atoms with Crippen LogP contribution in [-0.4, -0.2) is 29.0 Å². The van der Waals surface area contributed by atoms with Crippen LogP contribution < -0.4 is 4.74 Å². The van der Waals surface area contributed by atoms with Crippen molar-refractivity contribution in [3.8, 4) is 17.2 Å². The summed E-state index contributed by atoms with van der Waals surface area (Å²) in [4.78, 5) is 30.4. The quantitative estimate of drug-likeness (QED) is 0.528. The third-order valence-electron chi connectivity index (χ3n) is 3.03. The summed E-state index contributed by atoms with van der Waals surface area (Å²) in [5.41, 5.74) is 1.84. The molecule has 116 valence electrons. The maximum absolute atomic E-state index is 11.7. The Labute approximate surface area is 130 Å². The summed E-state index contributed by atoms with van der Waals surface area (Å²) >= 11 is 0. The second kappa shape index (κ2) is 6.27. The second-order valence-electron chi connectivity index (χ2n) is 4.51. The first-order chi connectivity index (χ1) is 11.2. The number of benzene rings is 1. The molecule has 0 amide bonds. The third kappa shape index (κ3) is 3.03. The van der Waals surface area contributed by atoms with Crippen molar-refractivity contribution in [3.05, 3.63) is 42.2 Å². The summed E-state index contributed by atoms with van der Waals surface area (Å²) in [7, 11) is 0. The molecule has 0 aliphatic carbocycles. The standard InChI is InChI=1S/C16H12N2O5/c1-2-21-16(20)13-7-10(5-6-17-13)15-18-12-8-11(22-9-19)3-4-14(12)23-15/h3-9H,2H2,1H3. The molecular weight excluding hydrogens is 300 g/mol. The minimum absolute atomic E-state index is 0.177. The topological polar surface area (TPSA) is 91.5 Å². The zero-order valence-corrected chi connectivity index (χ0v) is 12.2. The molecule has 0 atom stereocenters. The lowest BCUT2D eigenvalue weighted by Crippen LogP contribution is -2.06. The van der Waals surface area contributed by atoms with Crippen LogP contribution in [0.15, 0.2) is 40.9 Å². The Hall–Kier alpha value is -3.22. The lowest BCUT2D eigenvalue weighted by molar-refractivity contribution is -0.120. The number of hydrogen-bond donors (Lipinski definition) is 0. The first-order valence-corrected chi connectivity index (χ1v) is 6.85. The second-order valence-corrected chi connectivity index (χ2v) is 4.51. The molecule has 0 fully saturated rings. The number of carbonyl (C=O) groups excluding carboxylic acids is 2. The van der Waals surface area contributed by atoms with Gasteiger partial charge in [0.05, 0.1) is 6.61 Å². The van der Waals surface area contributed by atoms with Crippen LogP contribution in [0.2, 0.25) is 0 Å². The van der Waals surface area contributed by atoms with Gasteiger partial charge in [0.1, 0.15) is 17.0 Å². The Bertz CT molecular complexity index is 872. The van der Waals surface area contributed by atoms with E-state index in [1.165, 1.54) is 6.20 Å². The molecule has 1 aromatic carbocycles. The van der Waals surface area contributed by atoms with E-state index in [4.69, 9.17) is 13.9 Å². The average Bonchev–Trinajstić information content (AvgIpc) is 2.99. The first kappa shape index (κ1) is 14.7. The van der Waals surface area contributed by atoms with Crippen LogP contribution in [0.5, 0.6) is 5.75 Å². The Morgan fingerprint density at radius 2 is 2.17 bits per heavy atom. The van der Waals surface area contributed by atoms with Crippen molar-refractivity contribution in [2.45, 2.75) is 6.92 Å². The lowest BCUT2D eigenvalue weighted by atomic mass is 10.2. The number of rotatable bonds is 5. The third-order valence-corrected chi connectivity index (χ3v) is 3.03. The highest BCUT2D eigenvalue weighted by atomic mass is 16.5. The van der Waals surface area contributed by atoms with Gasteiger partial charge in [-0.2, -0.15) is 0 Å². The molecule has 0 radical (unpaired) electrons. The van der Waals surface area contributed by atoms with Gasteiger partial charge in [0.2, 0.25) is 5.89 Å². The Morgan fingerprint density at radius 1 is 1.30 bits per heavy atom. The van der Waals surface area contributed by atoms with E-state index >= 15 is 0 Å². The molecule has 23 heavy (non-hydrogen) atoms. The van der Waals surface area contributed by atoms with Crippen LogP contribution in [0.1, 0.15) is 17.4 Å². The van der Waals surface area contributed by atoms with E-state index in [0.29, 0.717) is 34.8 Å². The molecule has 3 rings (SSSR count). The minimum atomic E-state index is -0.507. The smallest absolute Gasteiger partial charge is 0.356 e. The fraction of sp³-hybridized carbons (Fsp3) is 0.125. The molecule has 0 saturated heterocycles. The zero-order chi connectivity index (χ0) is 16.2. The summed E-state index contributed by atoms with van der Waals surface area (Å²) in [6.45, 7) is 2.34. The van der Waals surface area contributed by atoms with E-state index in [9.17, 15) is 9.59 Å². The highest BCUT2D eigenvalue weighted by Crippen LogP contribution is 2.27. The summed E-state index contributed by atoms with van der Waals surface area (Å²) in [6.07, 6.45) is 1.48. The van der Waals surface area contributed by atoms with Gasteiger partial charge in [-0.3, -0.25) is 4.79 Å². The van der Waals surface area contributed by atoms with E-state index in [1.807, 2.05) is 0 Å². The van der Waals surface area contributed by atoms with Gasteiger partial charge in [0.25, 0.3) is 6.47 Å². The Morgan fingerprint density at radius 3 is 2.96 bits per heavy atom. The maximum atomic E-state index is 11.7. The lowest BCUT2D eigenvalue weighted by Gasteiger charge is -2.01. The maximum Gasteiger partial charge on any atom is 0.356 e. The van der Waals surface area contributed by atoms with Gasteiger partial charge in [0, 0.05) is 17.8 Å². The van der Waals surface area contributed by atoms with Crippen molar-refractivity contribution in [2.75, 3.05) is 6.61 Å². The van der Waals surface area contributed by atoms with Gasteiger partial charge in [0.15, 0.2) is 5.58 Å². The Kier molecular flexibility index (Phi) is 4.01. The van der Waals surface area contributed by atoms with Crippen LogP contribution >= 0.6 is 0 Å². The average molecular weight is 312 g/mol. The molecule has 2 aromatic heterocycles. The fourth-order valence-electron chi connectivity index (χ4n) is 2.04. The van der Waals surface area contributed by atoms with Crippen LogP contribution in [0, 0.1) is 0 Å². The molecule has 0 aliphatic heterocycles. The molecule has 0 spiro atoms. The number of esters is 1. The van der Waals surface area contributed by atoms with Crippen molar-refractivity contribution < 1.29 is 23.5 Å². The van der Waals surface area contributed by atoms with Crippen molar-refractivity contribution in [3.63, 3.8) is 0 Å². The normalized spacial score (nSPS) is 10.5. The molecule has 0 bridgehead atoms. The zero-order valence-electron chi connectivity index (χ0n) is 12.2. The molecule has 0 unspecified atom stereocenters. The van der Waals surface area contributed by atoms with E-state index in [1.54, 1.807) is 37.3 Å². The SMILES string of the molecule is CCOC(=O)c1cc(-c2nc3cc(OC=O)ccc3o2)ccn1. The molecule has 3 aromatic rings. The minimum Gasteiger partial charge on any atom is -0.461 e. The molecule has 2 heterocycles. The predicted molar refractivity (Wildman–Crippen MR) is 79.9 cm³/mol. The van der Waals surface area contributed by atoms with E-state index < -0.39 is 5.97 Å². The fourth-order valence-corrected chi connectivity index (χ4v) is 2.04. The Balaban J connectivity index is 1.98. The first-order valence-electron chi connectivity index (χ1n) is 6.85. The van der Waals surface area contributed by atoms with Gasteiger partial charge in [-0.05, 0) is 31.2 Å². The summed E-state index contributed by atoms with van der Waals surface area (Å²) in [5.74, 6) is 0.192. The van der Waals surface area contributed by atoms with Crippen LogP contribution in [0.25, 0.3) is 22.6 Å². The van der Waals surface area contributed by atoms with Crippen molar-refractivity contribution >= 4 is 23.5 Å². The van der Waals surface area contributed by atoms with Crippen molar-refractivity contribution in [1.29, 1.82) is 0 Å². The molecule has 7 heteroatoms. The summed E-state index contributed by atoms with van der Waals surface area (Å²) in [5, 5.41) is 0. The number of carbonyl (C=O) groups is 2. The number of nitrogens with zero attached hydrogens (tertiary/aromatic N) is 2. The van der Waals surface area contributed by atoms with E-state index in [-0.39, 0.29) is 12.3 Å². The van der Waals surface area contributed by atoms with Crippen LogP contribution in [-0.2, 0) is 9.53 Å². The molecule has 0 saturated carbocycles. The van der Waals surface area contributed by atoms with Gasteiger partial charge in [-0.15, -0.1) is 0 Å². The summed E-state index contributed by atoms with van der Waals surface area (Å²) in [6, 6.07) is 8.06. The number of hydrogen-bond acceptors (Lipinski definition) is 7. The predicted octanol–water partition coefficient (Wildman–Crippen LogP) is 2.60. The van der Waals surface area contributed by atoms with E-state index in [0.717, 1.165) is 0 Å². The van der Waals surface area contributed by atoms with E-state index in [2.05, 4.69) is 9.97 Å². The highest BCUT2D eigenvalue weighted by Gasteiger charge is 2.13. The van der Waals surface area contributed by atoms with Crippen molar-refractivity contribution in [2.24, 2.45) is 0 Å². The number of pyridine rings is 1. The number of aromatic nitrogens is 2. The van der Waals surface area contributed by atoms with Crippen LogP contribution in [0.4, 0.5) is 0 Å². The number of fused-ring (bicyclic) bond motifs is 1. The molecule has 0 aliphatic rings. The van der Waals surface area contributed by atoms with Gasteiger partial charge < -0.3 is 13.9 Å². The summed E-state index contributed by atoms with van der Waals surface area (Å²) < 4.78 is 15.3. The molecule has 0 N–H and O–H groups in total. The largest absolute Gasteiger partial charge is 0.461 e. The van der Waals surface area contributed by atoms with Crippen molar-refractivity contribution in [1.82, 2.24) is 9.97 Å². The van der Waals surface area contributed by atoms with Gasteiger partial charge in [-0.25, -0.2) is 14.8 Å². The van der Waals surface area contributed by atoms with Gasteiger partial charge >= 0.3 is 5.97 Å². The van der Waals surface area contributed by atoms with Gasteiger partial charge in [-0.1, -0.05) is 0 Å². The monoisotopic (exact) mass is 312 g/mol. The number of ether oxygens (including phenoxy) is 2. The van der Waals surface area contributed by atoms with Crippen LogP contribution in [0.3, 0.4) is 0 Å². The molecule has 7 nitrogen and oxygen atoms in total. The highest BCUT2D eigenvalue weighted by molar-refractivity contribution is 5.88.